The molecule has 1 saturated heterocycles. The van der Waals surface area contributed by atoms with Crippen molar-refractivity contribution in [2.45, 2.75) is 31.6 Å². The summed E-state index contributed by atoms with van der Waals surface area (Å²) in [5.74, 6) is 0.108. The lowest BCUT2D eigenvalue weighted by Gasteiger charge is -2.34. The zero-order chi connectivity index (χ0) is 21.0. The summed E-state index contributed by atoms with van der Waals surface area (Å²) in [5.41, 5.74) is 0.331. The number of sulfonamides is 1. The topological polar surface area (TPSA) is 126 Å². The first-order chi connectivity index (χ1) is 13.8. The lowest BCUT2D eigenvalue weighted by Crippen LogP contribution is -2.50. The van der Waals surface area contributed by atoms with Crippen LogP contribution < -0.4 is 5.32 Å². The number of amides is 2. The van der Waals surface area contributed by atoms with E-state index >= 15 is 0 Å². The van der Waals surface area contributed by atoms with Crippen LogP contribution in [0.5, 0.6) is 0 Å². The van der Waals surface area contributed by atoms with E-state index in [9.17, 15) is 18.0 Å². The van der Waals surface area contributed by atoms with Crippen LogP contribution >= 0.6 is 0 Å². The molecule has 10 nitrogen and oxygen atoms in total. The fourth-order valence-electron chi connectivity index (χ4n) is 3.24. The van der Waals surface area contributed by atoms with Crippen molar-refractivity contribution in [1.82, 2.24) is 19.7 Å². The van der Waals surface area contributed by atoms with Gasteiger partial charge in [-0.05, 0) is 32.4 Å². The second-order valence-electron chi connectivity index (χ2n) is 6.77. The molecule has 1 aliphatic heterocycles. The monoisotopic (exact) mass is 424 g/mol. The van der Waals surface area contributed by atoms with E-state index in [0.717, 1.165) is 0 Å². The van der Waals surface area contributed by atoms with Crippen LogP contribution in [0.3, 0.4) is 0 Å². The van der Waals surface area contributed by atoms with Crippen molar-refractivity contribution in [2.24, 2.45) is 0 Å². The van der Waals surface area contributed by atoms with E-state index in [1.165, 1.54) is 10.6 Å². The molecule has 1 fully saturated rings. The van der Waals surface area contributed by atoms with E-state index in [1.54, 1.807) is 30.9 Å². The smallest absolute Gasteiger partial charge is 0.286 e. The quantitative estimate of drug-likeness (QED) is 0.655. The number of nitrogens with zero attached hydrogens (tertiary/aromatic N) is 3. The largest absolute Gasteiger partial charge is 0.459 e. The lowest BCUT2D eigenvalue weighted by atomic mass is 10.2. The standard InChI is InChI=1S/C18H24N4O6S/c1-13-17(14(2)28-20-13)29(25,26)22-10-8-21(9-11-22)16(23)6-3-7-19-18(24)15-5-4-12-27-15/h4-5,12H,3,6-11H2,1-2H3,(H,19,24). The summed E-state index contributed by atoms with van der Waals surface area (Å²) in [7, 11) is -3.70. The number of aryl methyl sites for hydroxylation is 2. The van der Waals surface area contributed by atoms with Gasteiger partial charge < -0.3 is 19.2 Å². The summed E-state index contributed by atoms with van der Waals surface area (Å²) >= 11 is 0. The Hall–Kier alpha value is -2.66. The van der Waals surface area contributed by atoms with Gasteiger partial charge in [-0.1, -0.05) is 5.16 Å². The van der Waals surface area contributed by atoms with Crippen LogP contribution in [0, 0.1) is 13.8 Å². The fraction of sp³-hybridized carbons (Fsp3) is 0.500. The second kappa shape index (κ2) is 8.78. The number of piperazine rings is 1. The molecule has 2 aromatic heterocycles. The number of carbonyl (C=O) groups excluding carboxylic acids is 2. The maximum Gasteiger partial charge on any atom is 0.286 e. The third kappa shape index (κ3) is 4.67. The molecular weight excluding hydrogens is 400 g/mol. The van der Waals surface area contributed by atoms with Crippen LogP contribution in [-0.4, -0.2) is 67.3 Å². The highest BCUT2D eigenvalue weighted by molar-refractivity contribution is 7.89. The van der Waals surface area contributed by atoms with Gasteiger partial charge in [0.1, 0.15) is 10.6 Å². The summed E-state index contributed by atoms with van der Waals surface area (Å²) in [6.45, 7) is 4.58. The van der Waals surface area contributed by atoms with Gasteiger partial charge in [0, 0.05) is 39.1 Å². The highest BCUT2D eigenvalue weighted by Gasteiger charge is 2.34. The molecule has 0 spiro atoms. The van der Waals surface area contributed by atoms with Gasteiger partial charge in [0.05, 0.1) is 6.26 Å². The number of nitrogens with one attached hydrogen (secondary N) is 1. The Morgan fingerprint density at radius 2 is 1.93 bits per heavy atom. The molecule has 2 amide bonds. The molecule has 158 valence electrons. The van der Waals surface area contributed by atoms with Gasteiger partial charge in [-0.15, -0.1) is 0 Å². The van der Waals surface area contributed by atoms with Crippen molar-refractivity contribution in [3.05, 3.63) is 35.6 Å². The van der Waals surface area contributed by atoms with E-state index in [1.807, 2.05) is 0 Å². The minimum atomic E-state index is -3.70. The van der Waals surface area contributed by atoms with Gasteiger partial charge in [-0.3, -0.25) is 9.59 Å². The number of aromatic nitrogens is 1. The predicted molar refractivity (Wildman–Crippen MR) is 102 cm³/mol. The molecule has 0 bridgehead atoms. The third-order valence-electron chi connectivity index (χ3n) is 4.76. The van der Waals surface area contributed by atoms with E-state index in [0.29, 0.717) is 31.7 Å². The SMILES string of the molecule is Cc1noc(C)c1S(=O)(=O)N1CCN(C(=O)CCCNC(=O)c2ccco2)CC1. The van der Waals surface area contributed by atoms with Crippen molar-refractivity contribution < 1.29 is 26.9 Å². The molecule has 3 rings (SSSR count). The van der Waals surface area contributed by atoms with Crippen LogP contribution in [0.15, 0.2) is 32.2 Å². The molecule has 2 aromatic rings. The van der Waals surface area contributed by atoms with Crippen molar-refractivity contribution in [3.63, 3.8) is 0 Å². The van der Waals surface area contributed by atoms with E-state index in [4.69, 9.17) is 8.94 Å². The second-order valence-corrected chi connectivity index (χ2v) is 8.65. The molecule has 0 unspecified atom stereocenters. The lowest BCUT2D eigenvalue weighted by molar-refractivity contribution is -0.132. The molecule has 1 aliphatic rings. The van der Waals surface area contributed by atoms with Gasteiger partial charge in [-0.2, -0.15) is 4.31 Å². The summed E-state index contributed by atoms with van der Waals surface area (Å²) in [6.07, 6.45) is 2.18. The summed E-state index contributed by atoms with van der Waals surface area (Å²) < 4.78 is 36.9. The molecule has 29 heavy (non-hydrogen) atoms. The maximum atomic E-state index is 12.8. The van der Waals surface area contributed by atoms with Gasteiger partial charge in [0.25, 0.3) is 5.91 Å². The number of hydrogen-bond donors (Lipinski definition) is 1. The molecule has 0 radical (unpaired) electrons. The van der Waals surface area contributed by atoms with E-state index in [2.05, 4.69) is 10.5 Å². The molecule has 0 aromatic carbocycles. The van der Waals surface area contributed by atoms with Crippen LogP contribution in [-0.2, 0) is 14.8 Å². The van der Waals surface area contributed by atoms with Crippen LogP contribution in [0.25, 0.3) is 0 Å². The summed E-state index contributed by atoms with van der Waals surface area (Å²) in [5, 5.41) is 6.40. The minimum Gasteiger partial charge on any atom is -0.459 e. The van der Waals surface area contributed by atoms with E-state index < -0.39 is 10.0 Å². The van der Waals surface area contributed by atoms with Gasteiger partial charge in [-0.25, -0.2) is 8.42 Å². The zero-order valence-electron chi connectivity index (χ0n) is 16.4. The van der Waals surface area contributed by atoms with Crippen LogP contribution in [0.2, 0.25) is 0 Å². The molecule has 0 aliphatic carbocycles. The molecule has 0 saturated carbocycles. The first-order valence-electron chi connectivity index (χ1n) is 9.33. The average Bonchev–Trinajstić information content (AvgIpc) is 3.35. The normalized spacial score (nSPS) is 15.4. The maximum absolute atomic E-state index is 12.8. The van der Waals surface area contributed by atoms with Gasteiger partial charge in [0.15, 0.2) is 11.5 Å². The predicted octanol–water partition coefficient (Wildman–Crippen LogP) is 0.928. The molecule has 3 heterocycles. The number of hydrogen-bond acceptors (Lipinski definition) is 7. The van der Waals surface area contributed by atoms with Crippen molar-refractivity contribution >= 4 is 21.8 Å². The van der Waals surface area contributed by atoms with Crippen LogP contribution in [0.1, 0.15) is 34.9 Å². The Bertz CT molecular complexity index is 939. The zero-order valence-corrected chi connectivity index (χ0v) is 17.2. The number of rotatable bonds is 7. The molecule has 0 atom stereocenters. The number of furan rings is 1. The Morgan fingerprint density at radius 1 is 1.21 bits per heavy atom. The summed E-state index contributed by atoms with van der Waals surface area (Å²) in [4.78, 5) is 25.9. The third-order valence-corrected chi connectivity index (χ3v) is 6.90. The first kappa shape index (κ1) is 21.1. The molecule has 11 heteroatoms. The highest BCUT2D eigenvalue weighted by atomic mass is 32.2. The van der Waals surface area contributed by atoms with Crippen LogP contribution in [0.4, 0.5) is 0 Å². The molecular formula is C18H24N4O6S. The van der Waals surface area contributed by atoms with Crippen molar-refractivity contribution in [3.8, 4) is 0 Å². The first-order valence-corrected chi connectivity index (χ1v) is 10.8. The Labute approximate surface area is 168 Å². The van der Waals surface area contributed by atoms with Crippen molar-refractivity contribution in [1.29, 1.82) is 0 Å². The highest BCUT2D eigenvalue weighted by Crippen LogP contribution is 2.24. The summed E-state index contributed by atoms with van der Waals surface area (Å²) in [6, 6.07) is 3.20. The fourth-order valence-corrected chi connectivity index (χ4v) is 4.96. The Balaban J connectivity index is 1.44. The van der Waals surface area contributed by atoms with Gasteiger partial charge >= 0.3 is 0 Å². The van der Waals surface area contributed by atoms with Crippen molar-refractivity contribution in [2.75, 3.05) is 32.7 Å². The molecule has 1 N–H and O–H groups in total. The minimum absolute atomic E-state index is 0.0633. The van der Waals surface area contributed by atoms with Gasteiger partial charge in [0.2, 0.25) is 15.9 Å². The average molecular weight is 424 g/mol. The Morgan fingerprint density at radius 3 is 2.52 bits per heavy atom. The van der Waals surface area contributed by atoms with E-state index in [-0.39, 0.29) is 47.7 Å². The Kier molecular flexibility index (Phi) is 6.38. The number of carbonyl (C=O) groups is 2.